The maximum absolute atomic E-state index is 13.4. The van der Waals surface area contributed by atoms with Crippen molar-refractivity contribution in [2.24, 2.45) is 5.92 Å². The summed E-state index contributed by atoms with van der Waals surface area (Å²) in [5, 5.41) is 11.4. The van der Waals surface area contributed by atoms with Gasteiger partial charge in [0.25, 0.3) is 5.91 Å². The normalized spacial score (nSPS) is 14.2. The molecule has 1 aromatic rings. The van der Waals surface area contributed by atoms with Gasteiger partial charge in [-0.1, -0.05) is 6.07 Å². The zero-order valence-corrected chi connectivity index (χ0v) is 8.66. The average Bonchev–Trinajstić information content (AvgIpc) is 3.09. The minimum Gasteiger partial charge on any atom is -0.352 e. The Morgan fingerprint density at radius 3 is 2.94 bits per heavy atom. The van der Waals surface area contributed by atoms with Gasteiger partial charge < -0.3 is 5.32 Å². The zero-order chi connectivity index (χ0) is 11.5. The van der Waals surface area contributed by atoms with Crippen molar-refractivity contribution < 1.29 is 9.18 Å². The molecular weight excluding hydrogens is 207 g/mol. The SMILES string of the molecule is N#Cc1cccc(F)c1C(=O)NCC1CC1. The lowest BCUT2D eigenvalue weighted by Crippen LogP contribution is -2.27. The van der Waals surface area contributed by atoms with Gasteiger partial charge in [0.05, 0.1) is 11.1 Å². The van der Waals surface area contributed by atoms with Gasteiger partial charge in [-0.2, -0.15) is 5.26 Å². The first-order valence-electron chi connectivity index (χ1n) is 5.19. The molecule has 16 heavy (non-hydrogen) atoms. The molecule has 0 unspecified atom stereocenters. The molecule has 2 rings (SSSR count). The highest BCUT2D eigenvalue weighted by molar-refractivity contribution is 5.96. The summed E-state index contributed by atoms with van der Waals surface area (Å²) in [6, 6.07) is 5.87. The van der Waals surface area contributed by atoms with Crippen LogP contribution in [0.1, 0.15) is 28.8 Å². The Kier molecular flexibility index (Phi) is 2.86. The van der Waals surface area contributed by atoms with Gasteiger partial charge in [-0.15, -0.1) is 0 Å². The average molecular weight is 218 g/mol. The Bertz CT molecular complexity index is 461. The lowest BCUT2D eigenvalue weighted by Gasteiger charge is -2.06. The smallest absolute Gasteiger partial charge is 0.255 e. The zero-order valence-electron chi connectivity index (χ0n) is 8.66. The van der Waals surface area contributed by atoms with Gasteiger partial charge in [-0.3, -0.25) is 4.79 Å². The first kappa shape index (κ1) is 10.6. The van der Waals surface area contributed by atoms with Crippen molar-refractivity contribution in [3.63, 3.8) is 0 Å². The summed E-state index contributed by atoms with van der Waals surface area (Å²) in [6.07, 6.45) is 2.23. The quantitative estimate of drug-likeness (QED) is 0.841. The number of rotatable bonds is 3. The fraction of sp³-hybridized carbons (Fsp3) is 0.333. The number of benzene rings is 1. The van der Waals surface area contributed by atoms with Crippen LogP contribution in [0.5, 0.6) is 0 Å². The summed E-state index contributed by atoms with van der Waals surface area (Å²) < 4.78 is 13.4. The molecule has 1 saturated carbocycles. The van der Waals surface area contributed by atoms with E-state index in [9.17, 15) is 9.18 Å². The molecule has 0 aromatic heterocycles. The van der Waals surface area contributed by atoms with Crippen LogP contribution in [0.3, 0.4) is 0 Å². The fourth-order valence-electron chi connectivity index (χ4n) is 1.50. The molecule has 1 aliphatic carbocycles. The summed E-state index contributed by atoms with van der Waals surface area (Å²) in [7, 11) is 0. The number of hydrogen-bond donors (Lipinski definition) is 1. The third-order valence-electron chi connectivity index (χ3n) is 2.61. The first-order valence-corrected chi connectivity index (χ1v) is 5.19. The molecule has 0 radical (unpaired) electrons. The largest absolute Gasteiger partial charge is 0.352 e. The maximum Gasteiger partial charge on any atom is 0.255 e. The number of halogens is 1. The van der Waals surface area contributed by atoms with Crippen LogP contribution in [-0.2, 0) is 0 Å². The van der Waals surface area contributed by atoms with Gasteiger partial charge in [0.15, 0.2) is 0 Å². The van der Waals surface area contributed by atoms with E-state index in [-0.39, 0.29) is 11.1 Å². The van der Waals surface area contributed by atoms with Gasteiger partial charge >= 0.3 is 0 Å². The van der Waals surface area contributed by atoms with Gasteiger partial charge in [0, 0.05) is 6.54 Å². The Labute approximate surface area is 92.9 Å². The lowest BCUT2D eigenvalue weighted by atomic mass is 10.1. The molecule has 0 heterocycles. The van der Waals surface area contributed by atoms with E-state index in [4.69, 9.17) is 5.26 Å². The van der Waals surface area contributed by atoms with E-state index in [1.807, 2.05) is 6.07 Å². The van der Waals surface area contributed by atoms with Gasteiger partial charge in [0.1, 0.15) is 11.9 Å². The monoisotopic (exact) mass is 218 g/mol. The molecule has 0 aliphatic heterocycles. The summed E-state index contributed by atoms with van der Waals surface area (Å²) in [4.78, 5) is 11.7. The summed E-state index contributed by atoms with van der Waals surface area (Å²) in [6.45, 7) is 0.567. The number of amides is 1. The molecule has 4 heteroatoms. The Hall–Kier alpha value is -1.89. The molecular formula is C12H11FN2O. The van der Waals surface area contributed by atoms with E-state index < -0.39 is 11.7 Å². The predicted molar refractivity (Wildman–Crippen MR) is 56.2 cm³/mol. The topological polar surface area (TPSA) is 52.9 Å². The van der Waals surface area contributed by atoms with Crippen molar-refractivity contribution in [2.45, 2.75) is 12.8 Å². The molecule has 1 fully saturated rings. The molecule has 1 aromatic carbocycles. The molecule has 0 atom stereocenters. The van der Waals surface area contributed by atoms with E-state index in [2.05, 4.69) is 5.32 Å². The number of nitriles is 1. The van der Waals surface area contributed by atoms with Crippen LogP contribution >= 0.6 is 0 Å². The fourth-order valence-corrected chi connectivity index (χ4v) is 1.50. The molecule has 1 aliphatic rings. The highest BCUT2D eigenvalue weighted by Gasteiger charge is 2.23. The van der Waals surface area contributed by atoms with Crippen molar-refractivity contribution in [3.8, 4) is 6.07 Å². The van der Waals surface area contributed by atoms with E-state index >= 15 is 0 Å². The minimum absolute atomic E-state index is 0.0771. The van der Waals surface area contributed by atoms with Gasteiger partial charge in [-0.25, -0.2) is 4.39 Å². The standard InChI is InChI=1S/C12H11FN2O/c13-10-3-1-2-9(6-14)11(10)12(16)15-7-8-4-5-8/h1-3,8H,4-5,7H2,(H,15,16). The van der Waals surface area contributed by atoms with Gasteiger partial charge in [0.2, 0.25) is 0 Å². The van der Waals surface area contributed by atoms with Crippen LogP contribution < -0.4 is 5.32 Å². The molecule has 82 valence electrons. The Morgan fingerprint density at radius 1 is 1.56 bits per heavy atom. The second-order valence-electron chi connectivity index (χ2n) is 3.93. The minimum atomic E-state index is -0.646. The van der Waals surface area contributed by atoms with E-state index in [1.54, 1.807) is 0 Å². The summed E-state index contributed by atoms with van der Waals surface area (Å²) in [5.41, 5.74) is -0.0704. The van der Waals surface area contributed by atoms with Crippen molar-refractivity contribution >= 4 is 5.91 Å². The van der Waals surface area contributed by atoms with Crippen molar-refractivity contribution in [1.29, 1.82) is 5.26 Å². The maximum atomic E-state index is 13.4. The van der Waals surface area contributed by atoms with Crippen LogP contribution in [0, 0.1) is 23.1 Å². The number of carbonyl (C=O) groups is 1. The van der Waals surface area contributed by atoms with Crippen molar-refractivity contribution in [2.75, 3.05) is 6.54 Å². The van der Waals surface area contributed by atoms with Crippen molar-refractivity contribution in [3.05, 3.63) is 35.1 Å². The second kappa shape index (κ2) is 4.31. The predicted octanol–water partition coefficient (Wildman–Crippen LogP) is 1.84. The highest BCUT2D eigenvalue weighted by atomic mass is 19.1. The van der Waals surface area contributed by atoms with E-state index in [0.717, 1.165) is 12.8 Å². The number of carbonyl (C=O) groups excluding carboxylic acids is 1. The van der Waals surface area contributed by atoms with E-state index in [1.165, 1.54) is 18.2 Å². The molecule has 0 saturated heterocycles. The van der Waals surface area contributed by atoms with Crippen LogP contribution in [0.2, 0.25) is 0 Å². The van der Waals surface area contributed by atoms with E-state index in [0.29, 0.717) is 12.5 Å². The third kappa shape index (κ3) is 2.19. The number of hydrogen-bond acceptors (Lipinski definition) is 2. The second-order valence-corrected chi connectivity index (χ2v) is 3.93. The molecule has 0 bridgehead atoms. The van der Waals surface area contributed by atoms with Gasteiger partial charge in [-0.05, 0) is 30.9 Å². The number of nitrogens with zero attached hydrogens (tertiary/aromatic N) is 1. The number of nitrogens with one attached hydrogen (secondary N) is 1. The molecule has 1 N–H and O–H groups in total. The summed E-state index contributed by atoms with van der Waals surface area (Å²) >= 11 is 0. The van der Waals surface area contributed by atoms with Crippen LogP contribution in [-0.4, -0.2) is 12.5 Å². The first-order chi connectivity index (χ1) is 7.72. The summed E-state index contributed by atoms with van der Waals surface area (Å²) in [5.74, 6) is -0.616. The van der Waals surface area contributed by atoms with Crippen LogP contribution in [0.4, 0.5) is 4.39 Å². The Morgan fingerprint density at radius 2 is 2.31 bits per heavy atom. The Balaban J connectivity index is 2.17. The van der Waals surface area contributed by atoms with Crippen LogP contribution in [0.25, 0.3) is 0 Å². The third-order valence-corrected chi connectivity index (χ3v) is 2.61. The molecule has 3 nitrogen and oxygen atoms in total. The van der Waals surface area contributed by atoms with Crippen LogP contribution in [0.15, 0.2) is 18.2 Å². The highest BCUT2D eigenvalue weighted by Crippen LogP contribution is 2.27. The molecule has 0 spiro atoms. The van der Waals surface area contributed by atoms with Crippen molar-refractivity contribution in [1.82, 2.24) is 5.32 Å². The molecule has 1 amide bonds. The lowest BCUT2D eigenvalue weighted by molar-refractivity contribution is 0.0947.